The van der Waals surface area contributed by atoms with Crippen LogP contribution in [-0.4, -0.2) is 12.5 Å². The Bertz CT molecular complexity index is 772. The summed E-state index contributed by atoms with van der Waals surface area (Å²) in [5, 5.41) is 2.86. The van der Waals surface area contributed by atoms with Gasteiger partial charge in [0.15, 0.2) is 0 Å². The third kappa shape index (κ3) is 4.07. The smallest absolute Gasteiger partial charge is 0.224 e. The summed E-state index contributed by atoms with van der Waals surface area (Å²) in [4.78, 5) is 12.0. The average Bonchev–Trinajstić information content (AvgIpc) is 3.26. The molecule has 0 bridgehead atoms. The number of amides is 1. The standard InChI is InChI=1S/C19H19NO4/c1-2-23-16-5-3-14(4-6-16)11-19(21)20-12-17-7-8-18(24-17)15-9-10-22-13-15/h3-10,13H,2,11-12H2,1H3,(H,20,21). The van der Waals surface area contributed by atoms with Gasteiger partial charge in [-0.1, -0.05) is 12.1 Å². The van der Waals surface area contributed by atoms with Crippen LogP contribution in [0.25, 0.3) is 11.3 Å². The molecule has 5 heteroatoms. The maximum atomic E-state index is 12.0. The lowest BCUT2D eigenvalue weighted by Crippen LogP contribution is -2.24. The summed E-state index contributed by atoms with van der Waals surface area (Å²) < 4.78 is 16.1. The van der Waals surface area contributed by atoms with E-state index in [0.29, 0.717) is 25.3 Å². The van der Waals surface area contributed by atoms with E-state index in [4.69, 9.17) is 13.6 Å². The molecule has 0 aliphatic carbocycles. The number of carbonyl (C=O) groups is 1. The first-order chi connectivity index (χ1) is 11.7. The van der Waals surface area contributed by atoms with Crippen LogP contribution in [0, 0.1) is 0 Å². The lowest BCUT2D eigenvalue weighted by molar-refractivity contribution is -0.120. The van der Waals surface area contributed by atoms with Crippen molar-refractivity contribution in [2.24, 2.45) is 0 Å². The number of hydrogen-bond acceptors (Lipinski definition) is 4. The minimum atomic E-state index is -0.0552. The number of carbonyl (C=O) groups excluding carboxylic acids is 1. The van der Waals surface area contributed by atoms with Crippen LogP contribution in [-0.2, 0) is 17.8 Å². The first-order valence-electron chi connectivity index (χ1n) is 7.84. The Morgan fingerprint density at radius 1 is 1.12 bits per heavy atom. The van der Waals surface area contributed by atoms with E-state index in [-0.39, 0.29) is 5.91 Å². The zero-order valence-corrected chi connectivity index (χ0v) is 13.5. The SMILES string of the molecule is CCOc1ccc(CC(=O)NCc2ccc(-c3ccoc3)o2)cc1. The summed E-state index contributed by atoms with van der Waals surface area (Å²) in [6.45, 7) is 2.92. The topological polar surface area (TPSA) is 64.6 Å². The normalized spacial score (nSPS) is 10.5. The van der Waals surface area contributed by atoms with Crippen LogP contribution in [0.5, 0.6) is 5.75 Å². The molecule has 0 aliphatic heterocycles. The Labute approximate surface area is 140 Å². The fourth-order valence-electron chi connectivity index (χ4n) is 2.34. The summed E-state index contributed by atoms with van der Waals surface area (Å²) in [5.41, 5.74) is 1.82. The van der Waals surface area contributed by atoms with Gasteiger partial charge >= 0.3 is 0 Å². The molecule has 2 aromatic heterocycles. The molecule has 0 aliphatic rings. The van der Waals surface area contributed by atoms with Crippen molar-refractivity contribution < 1.29 is 18.4 Å². The number of hydrogen-bond donors (Lipinski definition) is 1. The number of benzene rings is 1. The van der Waals surface area contributed by atoms with Crippen LogP contribution in [0.4, 0.5) is 0 Å². The van der Waals surface area contributed by atoms with Crippen molar-refractivity contribution in [2.45, 2.75) is 19.9 Å². The molecule has 0 saturated heterocycles. The van der Waals surface area contributed by atoms with E-state index in [1.807, 2.05) is 49.4 Å². The average molecular weight is 325 g/mol. The maximum absolute atomic E-state index is 12.0. The number of furan rings is 2. The second kappa shape index (κ2) is 7.55. The molecule has 1 N–H and O–H groups in total. The van der Waals surface area contributed by atoms with Gasteiger partial charge in [0.1, 0.15) is 23.5 Å². The molecule has 124 valence electrons. The van der Waals surface area contributed by atoms with Crippen molar-refractivity contribution in [1.29, 1.82) is 0 Å². The van der Waals surface area contributed by atoms with Gasteiger partial charge in [-0.3, -0.25) is 4.79 Å². The van der Waals surface area contributed by atoms with E-state index < -0.39 is 0 Å². The second-order valence-electron chi connectivity index (χ2n) is 5.31. The van der Waals surface area contributed by atoms with Gasteiger partial charge in [0.25, 0.3) is 0 Å². The zero-order valence-electron chi connectivity index (χ0n) is 13.5. The predicted molar refractivity (Wildman–Crippen MR) is 89.6 cm³/mol. The van der Waals surface area contributed by atoms with Crippen LogP contribution in [0.3, 0.4) is 0 Å². The fourth-order valence-corrected chi connectivity index (χ4v) is 2.34. The third-order valence-electron chi connectivity index (χ3n) is 3.53. The molecule has 0 radical (unpaired) electrons. The number of rotatable bonds is 7. The number of ether oxygens (including phenoxy) is 1. The minimum Gasteiger partial charge on any atom is -0.494 e. The second-order valence-corrected chi connectivity index (χ2v) is 5.31. The van der Waals surface area contributed by atoms with Crippen molar-refractivity contribution in [3.05, 3.63) is 66.3 Å². The van der Waals surface area contributed by atoms with E-state index in [1.54, 1.807) is 12.5 Å². The van der Waals surface area contributed by atoms with E-state index >= 15 is 0 Å². The summed E-state index contributed by atoms with van der Waals surface area (Å²) >= 11 is 0. The summed E-state index contributed by atoms with van der Waals surface area (Å²) in [6.07, 6.45) is 3.53. The van der Waals surface area contributed by atoms with Crippen molar-refractivity contribution in [3.63, 3.8) is 0 Å². The molecule has 0 spiro atoms. The first-order valence-corrected chi connectivity index (χ1v) is 7.84. The number of nitrogens with one attached hydrogen (secondary N) is 1. The van der Waals surface area contributed by atoms with E-state index in [9.17, 15) is 4.79 Å². The van der Waals surface area contributed by atoms with Crippen molar-refractivity contribution in [1.82, 2.24) is 5.32 Å². The molecule has 3 rings (SSSR count). The third-order valence-corrected chi connectivity index (χ3v) is 3.53. The van der Waals surface area contributed by atoms with E-state index in [2.05, 4.69) is 5.32 Å². The fraction of sp³-hybridized carbons (Fsp3) is 0.211. The highest BCUT2D eigenvalue weighted by atomic mass is 16.5. The van der Waals surface area contributed by atoms with Crippen molar-refractivity contribution in [2.75, 3.05) is 6.61 Å². The molecule has 1 aromatic carbocycles. The maximum Gasteiger partial charge on any atom is 0.224 e. The molecular weight excluding hydrogens is 306 g/mol. The lowest BCUT2D eigenvalue weighted by Gasteiger charge is -2.06. The molecule has 5 nitrogen and oxygen atoms in total. The molecule has 24 heavy (non-hydrogen) atoms. The highest BCUT2D eigenvalue weighted by molar-refractivity contribution is 5.78. The lowest BCUT2D eigenvalue weighted by atomic mass is 10.1. The van der Waals surface area contributed by atoms with E-state index in [1.165, 1.54) is 0 Å². The monoisotopic (exact) mass is 325 g/mol. The summed E-state index contributed by atoms with van der Waals surface area (Å²) in [5.74, 6) is 2.18. The van der Waals surface area contributed by atoms with Gasteiger partial charge in [0.05, 0.1) is 31.4 Å². The van der Waals surface area contributed by atoms with Crippen molar-refractivity contribution >= 4 is 5.91 Å². The molecule has 0 atom stereocenters. The van der Waals surface area contributed by atoms with Gasteiger partial charge in [-0.25, -0.2) is 0 Å². The molecule has 0 unspecified atom stereocenters. The molecular formula is C19H19NO4. The Kier molecular flexibility index (Phi) is 5.01. The van der Waals surface area contributed by atoms with Crippen LogP contribution in [0.15, 0.2) is 63.8 Å². The Morgan fingerprint density at radius 2 is 1.96 bits per heavy atom. The quantitative estimate of drug-likeness (QED) is 0.717. The first kappa shape index (κ1) is 15.9. The minimum absolute atomic E-state index is 0.0552. The Morgan fingerprint density at radius 3 is 2.67 bits per heavy atom. The Balaban J connectivity index is 1.50. The summed E-state index contributed by atoms with van der Waals surface area (Å²) in [7, 11) is 0. The van der Waals surface area contributed by atoms with Crippen molar-refractivity contribution in [3.8, 4) is 17.1 Å². The molecule has 0 saturated carbocycles. The predicted octanol–water partition coefficient (Wildman–Crippen LogP) is 3.80. The molecule has 3 aromatic rings. The zero-order chi connectivity index (χ0) is 16.8. The van der Waals surface area contributed by atoms with Gasteiger partial charge < -0.3 is 18.9 Å². The largest absolute Gasteiger partial charge is 0.494 e. The molecule has 0 fully saturated rings. The van der Waals surface area contributed by atoms with Crippen LogP contribution in [0.2, 0.25) is 0 Å². The van der Waals surface area contributed by atoms with Gasteiger partial charge in [-0.05, 0) is 42.8 Å². The van der Waals surface area contributed by atoms with Gasteiger partial charge in [0, 0.05) is 0 Å². The molecule has 1 amide bonds. The van der Waals surface area contributed by atoms with Gasteiger partial charge in [-0.2, -0.15) is 0 Å². The van der Waals surface area contributed by atoms with Crippen LogP contribution < -0.4 is 10.1 Å². The van der Waals surface area contributed by atoms with Gasteiger partial charge in [-0.15, -0.1) is 0 Å². The van der Waals surface area contributed by atoms with E-state index in [0.717, 1.165) is 22.6 Å². The highest BCUT2D eigenvalue weighted by Crippen LogP contribution is 2.22. The molecule has 2 heterocycles. The summed E-state index contributed by atoms with van der Waals surface area (Å²) in [6, 6.07) is 13.1. The van der Waals surface area contributed by atoms with Crippen LogP contribution in [0.1, 0.15) is 18.2 Å². The van der Waals surface area contributed by atoms with Crippen LogP contribution >= 0.6 is 0 Å². The highest BCUT2D eigenvalue weighted by Gasteiger charge is 2.08. The van der Waals surface area contributed by atoms with Gasteiger partial charge in [0.2, 0.25) is 5.91 Å². The Hall–Kier alpha value is -2.95.